The number of rotatable bonds is 2. The fraction of sp³-hybridized carbons (Fsp3) is 0.125. The van der Waals surface area contributed by atoms with Gasteiger partial charge in [-0.2, -0.15) is 0 Å². The van der Waals surface area contributed by atoms with Gasteiger partial charge in [-0.3, -0.25) is 0 Å². The van der Waals surface area contributed by atoms with E-state index >= 15 is 0 Å². The average Bonchev–Trinajstić information content (AvgIpc) is 2.51. The number of hydrazine groups is 2. The normalized spacial score (nSPS) is 11.2. The molecule has 2 aromatic rings. The minimum absolute atomic E-state index is 0.547. The molecule has 8 N–H and O–H groups in total. The maximum atomic E-state index is 11.3. The molecule has 0 fully saturated rings. The van der Waals surface area contributed by atoms with Crippen LogP contribution < -0.4 is 33.2 Å². The fourth-order valence-corrected chi connectivity index (χ4v) is 3.09. The van der Waals surface area contributed by atoms with Crippen LogP contribution in [0.3, 0.4) is 0 Å². The van der Waals surface area contributed by atoms with Crippen molar-refractivity contribution in [3.05, 3.63) is 35.4 Å². The zero-order valence-electron chi connectivity index (χ0n) is 13.3. The molecule has 124 valence electrons. The van der Waals surface area contributed by atoms with Crippen molar-refractivity contribution in [2.75, 3.05) is 10.0 Å². The molecule has 8 nitrogen and oxygen atoms in total. The summed E-state index contributed by atoms with van der Waals surface area (Å²) in [5, 5.41) is 1.84. The van der Waals surface area contributed by atoms with Crippen LogP contribution in [0.2, 0.25) is 0 Å². The van der Waals surface area contributed by atoms with Gasteiger partial charge in [0.05, 0.1) is 11.4 Å². The van der Waals surface area contributed by atoms with E-state index in [0.717, 1.165) is 43.4 Å². The topological polar surface area (TPSA) is 145 Å². The summed E-state index contributed by atoms with van der Waals surface area (Å²) in [5.41, 5.74) is 17.2. The molecule has 0 bridgehead atoms. The first kappa shape index (κ1) is 15.8. The maximum absolute atomic E-state index is 11.3. The summed E-state index contributed by atoms with van der Waals surface area (Å²) in [7, 11) is 0. The molecule has 1 aliphatic rings. The Morgan fingerprint density at radius 2 is 1.42 bits per heavy atom. The summed E-state index contributed by atoms with van der Waals surface area (Å²) < 4.78 is 0. The van der Waals surface area contributed by atoms with Gasteiger partial charge in [0, 0.05) is 0 Å². The summed E-state index contributed by atoms with van der Waals surface area (Å²) in [5.74, 6) is 11.4. The number of urea groups is 2. The minimum atomic E-state index is -0.732. The van der Waals surface area contributed by atoms with Crippen molar-refractivity contribution < 1.29 is 9.59 Å². The molecule has 0 heterocycles. The van der Waals surface area contributed by atoms with Crippen LogP contribution in [0.25, 0.3) is 22.3 Å². The molecule has 0 radical (unpaired) electrons. The Morgan fingerprint density at radius 1 is 0.833 bits per heavy atom. The number of carbonyl (C=O) groups is 2. The number of fused-ring (bicyclic) bond motifs is 4. The number of amides is 4. The van der Waals surface area contributed by atoms with Crippen molar-refractivity contribution in [2.24, 2.45) is 23.2 Å². The van der Waals surface area contributed by atoms with E-state index in [-0.39, 0.29) is 0 Å². The number of anilines is 2. The largest absolute Gasteiger partial charge is 0.350 e. The molecule has 4 amide bonds. The average molecular weight is 326 g/mol. The number of hydrogen-bond acceptors (Lipinski definition) is 4. The first-order valence-electron chi connectivity index (χ1n) is 7.21. The van der Waals surface area contributed by atoms with Gasteiger partial charge in [-0.25, -0.2) is 31.3 Å². The summed E-state index contributed by atoms with van der Waals surface area (Å²) in [6, 6.07) is 5.87. The van der Waals surface area contributed by atoms with Crippen molar-refractivity contribution in [1.29, 1.82) is 0 Å². The molecule has 0 saturated heterocycles. The van der Waals surface area contributed by atoms with Crippen LogP contribution in [0.1, 0.15) is 11.1 Å². The molecule has 0 aromatic heterocycles. The standard InChI is InChI=1S/C16H18N6O2/c1-7-5-11-10(6-13(7)22(20)16(18)24)9-3-4-12(8(2)14(9)11)21(19)15(17)23/h3-6H,19-20H2,1-2H3,(H2,17,23)(H2,18,24). The summed E-state index contributed by atoms with van der Waals surface area (Å²) in [4.78, 5) is 22.6. The molecular weight excluding hydrogens is 308 g/mol. The zero-order chi connectivity index (χ0) is 17.8. The molecule has 0 spiro atoms. The van der Waals surface area contributed by atoms with E-state index in [1.165, 1.54) is 0 Å². The first-order valence-corrected chi connectivity index (χ1v) is 7.21. The Bertz CT molecular complexity index is 875. The van der Waals surface area contributed by atoms with Gasteiger partial charge in [0.1, 0.15) is 0 Å². The van der Waals surface area contributed by atoms with E-state index in [1.54, 1.807) is 6.07 Å². The number of nitrogens with zero attached hydrogens (tertiary/aromatic N) is 2. The van der Waals surface area contributed by atoms with Gasteiger partial charge in [0.15, 0.2) is 0 Å². The molecular formula is C16H18N6O2. The van der Waals surface area contributed by atoms with Crippen LogP contribution in [0.4, 0.5) is 21.0 Å². The van der Waals surface area contributed by atoms with Gasteiger partial charge in [0.2, 0.25) is 0 Å². The van der Waals surface area contributed by atoms with Crippen molar-refractivity contribution in [3.8, 4) is 22.3 Å². The summed E-state index contributed by atoms with van der Waals surface area (Å²) >= 11 is 0. The highest BCUT2D eigenvalue weighted by Gasteiger charge is 2.29. The third kappa shape index (κ3) is 2.08. The number of primary amides is 2. The lowest BCUT2D eigenvalue weighted by Gasteiger charge is -2.31. The second-order valence-corrected chi connectivity index (χ2v) is 5.73. The van der Waals surface area contributed by atoms with Gasteiger partial charge in [0.25, 0.3) is 0 Å². The SMILES string of the molecule is Cc1cc2c(cc1N(N)C(N)=O)-c1ccc(N(N)C(N)=O)c(C)c1-2. The monoisotopic (exact) mass is 326 g/mol. The summed E-state index contributed by atoms with van der Waals surface area (Å²) in [6.07, 6.45) is 0. The highest BCUT2D eigenvalue weighted by atomic mass is 16.2. The molecule has 0 atom stereocenters. The predicted molar refractivity (Wildman–Crippen MR) is 92.8 cm³/mol. The lowest BCUT2D eigenvalue weighted by atomic mass is 9.76. The second kappa shape index (κ2) is 5.22. The van der Waals surface area contributed by atoms with Crippen LogP contribution in [0.15, 0.2) is 24.3 Å². The second-order valence-electron chi connectivity index (χ2n) is 5.73. The van der Waals surface area contributed by atoms with Gasteiger partial charge in [-0.15, -0.1) is 0 Å². The van der Waals surface area contributed by atoms with Crippen molar-refractivity contribution in [2.45, 2.75) is 13.8 Å². The minimum Gasteiger partial charge on any atom is -0.350 e. The Labute approximate surface area is 138 Å². The highest BCUT2D eigenvalue weighted by molar-refractivity contribution is 6.08. The lowest BCUT2D eigenvalue weighted by molar-refractivity contribution is 0.253. The smallest absolute Gasteiger partial charge is 0.333 e. The van der Waals surface area contributed by atoms with E-state index in [9.17, 15) is 9.59 Å². The van der Waals surface area contributed by atoms with E-state index in [2.05, 4.69) is 0 Å². The van der Waals surface area contributed by atoms with E-state index in [0.29, 0.717) is 11.4 Å². The quantitative estimate of drug-likeness (QED) is 0.321. The third-order valence-electron chi connectivity index (χ3n) is 4.33. The Kier molecular flexibility index (Phi) is 3.43. The molecule has 2 aromatic carbocycles. The number of hydrogen-bond donors (Lipinski definition) is 4. The van der Waals surface area contributed by atoms with E-state index in [1.807, 2.05) is 32.0 Å². The van der Waals surface area contributed by atoms with E-state index < -0.39 is 12.1 Å². The van der Waals surface area contributed by atoms with Crippen LogP contribution >= 0.6 is 0 Å². The Morgan fingerprint density at radius 3 is 2.00 bits per heavy atom. The number of nitrogens with two attached hydrogens (primary N) is 4. The van der Waals surface area contributed by atoms with Crippen molar-refractivity contribution in [1.82, 2.24) is 0 Å². The van der Waals surface area contributed by atoms with Crippen LogP contribution in [-0.4, -0.2) is 12.1 Å². The van der Waals surface area contributed by atoms with Crippen molar-refractivity contribution in [3.63, 3.8) is 0 Å². The molecule has 8 heteroatoms. The first-order chi connectivity index (χ1) is 11.2. The fourth-order valence-electron chi connectivity index (χ4n) is 3.09. The van der Waals surface area contributed by atoms with Gasteiger partial charge in [-0.1, -0.05) is 6.07 Å². The van der Waals surface area contributed by atoms with Crippen LogP contribution in [0, 0.1) is 13.8 Å². The van der Waals surface area contributed by atoms with Gasteiger partial charge < -0.3 is 11.5 Å². The third-order valence-corrected chi connectivity index (χ3v) is 4.33. The zero-order valence-corrected chi connectivity index (χ0v) is 13.3. The van der Waals surface area contributed by atoms with Crippen molar-refractivity contribution >= 4 is 23.4 Å². The Balaban J connectivity index is 2.11. The van der Waals surface area contributed by atoms with Crippen LogP contribution in [-0.2, 0) is 0 Å². The molecule has 0 aliphatic heterocycles. The number of benzene rings is 2. The predicted octanol–water partition coefficient (Wildman–Crippen LogP) is 1.47. The molecule has 24 heavy (non-hydrogen) atoms. The van der Waals surface area contributed by atoms with Gasteiger partial charge >= 0.3 is 12.1 Å². The van der Waals surface area contributed by atoms with Crippen LogP contribution in [0.5, 0.6) is 0 Å². The molecule has 0 unspecified atom stereocenters. The lowest BCUT2D eigenvalue weighted by Crippen LogP contribution is -2.42. The number of carbonyl (C=O) groups excluding carboxylic acids is 2. The number of aryl methyl sites for hydroxylation is 1. The molecule has 1 aliphatic carbocycles. The molecule has 3 rings (SSSR count). The summed E-state index contributed by atoms with van der Waals surface area (Å²) in [6.45, 7) is 3.72. The highest BCUT2D eigenvalue weighted by Crippen LogP contribution is 2.52. The maximum Gasteiger partial charge on any atom is 0.333 e. The van der Waals surface area contributed by atoms with E-state index in [4.69, 9.17) is 23.2 Å². The molecule has 0 saturated carbocycles. The Hall–Kier alpha value is -3.10. The van der Waals surface area contributed by atoms with Gasteiger partial charge in [-0.05, 0) is 65.4 Å².